The molecule has 0 spiro atoms. The summed E-state index contributed by atoms with van der Waals surface area (Å²) < 4.78 is 19.0. The first-order valence-corrected chi connectivity index (χ1v) is 28.8. The van der Waals surface area contributed by atoms with Crippen LogP contribution in [0, 0.1) is 23.0 Å². The molecule has 3 nitrogen and oxygen atoms in total. The van der Waals surface area contributed by atoms with E-state index in [2.05, 4.69) is 168 Å². The summed E-state index contributed by atoms with van der Waals surface area (Å²) in [5, 5.41) is 5.69. The Morgan fingerprint density at radius 2 is 0.844 bits per heavy atom. The van der Waals surface area contributed by atoms with E-state index >= 15 is 0 Å². The molecule has 8 heteroatoms. The fourth-order valence-corrected chi connectivity index (χ4v) is 22.0. The Labute approximate surface area is 416 Å². The standard InChI is InChI=1S/C56H54N2OSe4.Pt/c1-53(2,3)29-31-13-15-39-43(21-31)60-51-41-17-19-57-45(47(41)62-49(39)51)33-23-35(55(7,8)9)27-37(25-33)59-38-26-34(24-36(28-38)56(10,11)12)46-48-42(18-20-58-46)52-50(63-48)40-16-14-32(22-44(40)61-52)30-54(4,5)6;/h13-24,27-28H,29-30H2,1-12H3;/q-2;+2. The summed E-state index contributed by atoms with van der Waals surface area (Å²) in [6, 6.07) is 35.5. The molecule has 4 aromatic carbocycles. The van der Waals surface area contributed by atoms with Crippen LogP contribution in [0.2, 0.25) is 0 Å². The SMILES string of the molecule is CC(C)(C)Cc1ccc2c(c1)[se]c1c3ccnc(-c4[c-]c(Oc5[c-]c(-c6nccc7c6[se]c6c8ccc(CC(C)(C)C)cc8[se]c76)cc(C(C)(C)C)c5)cc(C(C)(C)C)c4)c3[se]c21.[Pt+2]. The van der Waals surface area contributed by atoms with Gasteiger partial charge in [-0.25, -0.2) is 0 Å². The maximum Gasteiger partial charge on any atom is 2.00 e. The largest absolute Gasteiger partial charge is 2.00 e. The van der Waals surface area contributed by atoms with Gasteiger partial charge in [0.2, 0.25) is 0 Å². The molecule has 0 amide bonds. The first-order chi connectivity index (χ1) is 29.6. The molecule has 10 rings (SSSR count). The van der Waals surface area contributed by atoms with Crippen LogP contribution < -0.4 is 4.74 Å². The van der Waals surface area contributed by atoms with Crippen molar-refractivity contribution in [2.45, 2.75) is 107 Å². The van der Waals surface area contributed by atoms with Crippen LogP contribution in [0.4, 0.5) is 0 Å². The van der Waals surface area contributed by atoms with Crippen LogP contribution in [0.25, 0.3) is 78.1 Å². The van der Waals surface area contributed by atoms with E-state index in [4.69, 9.17) is 14.7 Å². The normalized spacial score (nSPS) is 13.0. The molecule has 0 saturated heterocycles. The zero-order chi connectivity index (χ0) is 44.4. The molecule has 0 saturated carbocycles. The first kappa shape index (κ1) is 46.3. The molecule has 0 radical (unpaired) electrons. The maximum absolute atomic E-state index is 6.98. The predicted octanol–water partition coefficient (Wildman–Crippen LogP) is 14.1. The van der Waals surface area contributed by atoms with Crippen LogP contribution in [-0.2, 0) is 44.7 Å². The molecule has 0 aliphatic rings. The van der Waals surface area contributed by atoms with Crippen molar-refractivity contribution < 1.29 is 25.8 Å². The van der Waals surface area contributed by atoms with Gasteiger partial charge in [0.05, 0.1) is 0 Å². The third kappa shape index (κ3) is 9.02. The van der Waals surface area contributed by atoms with Gasteiger partial charge in [0, 0.05) is 0 Å². The molecule has 0 bridgehead atoms. The van der Waals surface area contributed by atoms with E-state index in [1.165, 1.54) is 52.3 Å². The van der Waals surface area contributed by atoms with E-state index in [0.29, 0.717) is 11.5 Å². The second kappa shape index (κ2) is 16.8. The van der Waals surface area contributed by atoms with Gasteiger partial charge in [0.25, 0.3) is 0 Å². The Bertz CT molecular complexity index is 3200. The summed E-state index contributed by atoms with van der Waals surface area (Å²) in [5.41, 5.74) is 9.68. The Kier molecular flexibility index (Phi) is 12.1. The average molecular weight is 1280 g/mol. The van der Waals surface area contributed by atoms with Crippen LogP contribution in [0.15, 0.2) is 85.2 Å². The van der Waals surface area contributed by atoms with Gasteiger partial charge in [0.1, 0.15) is 0 Å². The summed E-state index contributed by atoms with van der Waals surface area (Å²) >= 11 is 0.878. The third-order valence-corrected chi connectivity index (χ3v) is 23.3. The van der Waals surface area contributed by atoms with Gasteiger partial charge in [-0.15, -0.1) is 0 Å². The van der Waals surface area contributed by atoms with Gasteiger partial charge in [-0.3, -0.25) is 0 Å². The summed E-state index contributed by atoms with van der Waals surface area (Å²) in [6.45, 7) is 27.6. The zero-order valence-corrected chi connectivity index (χ0v) is 47.9. The van der Waals surface area contributed by atoms with Crippen LogP contribution in [0.3, 0.4) is 0 Å². The molecule has 0 unspecified atom stereocenters. The second-order valence-electron chi connectivity index (χ2n) is 21.8. The Balaban J connectivity index is 0.00000518. The van der Waals surface area contributed by atoms with Gasteiger partial charge < -0.3 is 0 Å². The molecule has 0 aliphatic carbocycles. The van der Waals surface area contributed by atoms with Gasteiger partial charge in [-0.1, -0.05) is 0 Å². The van der Waals surface area contributed by atoms with E-state index in [1.807, 2.05) is 12.4 Å². The number of ether oxygens (including phenoxy) is 1. The molecule has 6 heterocycles. The van der Waals surface area contributed by atoms with E-state index < -0.39 is 0 Å². The number of nitrogens with zero attached hydrogens (tertiary/aromatic N) is 2. The minimum atomic E-state index is -0.113. The number of fused-ring (bicyclic) bond motifs is 10. The zero-order valence-electron chi connectivity index (χ0n) is 38.7. The molecule has 10 aromatic rings. The van der Waals surface area contributed by atoms with Gasteiger partial charge in [0.15, 0.2) is 0 Å². The van der Waals surface area contributed by atoms with Crippen molar-refractivity contribution in [3.05, 3.63) is 120 Å². The predicted molar refractivity (Wildman–Crippen MR) is 274 cm³/mol. The van der Waals surface area contributed by atoms with Crippen molar-refractivity contribution in [1.29, 1.82) is 0 Å². The minimum absolute atomic E-state index is 0. The van der Waals surface area contributed by atoms with E-state index in [-0.39, 0.29) is 101 Å². The number of hydrogen-bond acceptors (Lipinski definition) is 3. The van der Waals surface area contributed by atoms with Crippen molar-refractivity contribution in [1.82, 2.24) is 9.97 Å². The quantitative estimate of drug-likeness (QED) is 0.123. The van der Waals surface area contributed by atoms with E-state index in [9.17, 15) is 0 Å². The second-order valence-corrected chi connectivity index (χ2v) is 30.5. The monoisotopic (exact) mass is 1290 g/mol. The van der Waals surface area contributed by atoms with Crippen molar-refractivity contribution in [2.24, 2.45) is 10.8 Å². The topological polar surface area (TPSA) is 35.0 Å². The smallest absolute Gasteiger partial charge is 2.00 e. The summed E-state index contributed by atoms with van der Waals surface area (Å²) in [6.07, 6.45) is 6.22. The summed E-state index contributed by atoms with van der Waals surface area (Å²) in [4.78, 5) is 10.2. The summed E-state index contributed by atoms with van der Waals surface area (Å²) in [7, 11) is 0. The van der Waals surface area contributed by atoms with Crippen LogP contribution >= 0.6 is 0 Å². The third-order valence-electron chi connectivity index (χ3n) is 11.7. The molecular weight excluding hydrogens is 1230 g/mol. The minimum Gasteiger partial charge on any atom is 2.00 e. The molecule has 6 aromatic heterocycles. The number of rotatable bonds is 6. The fraction of sp³-hybridized carbons (Fsp3) is 0.321. The fourth-order valence-electron chi connectivity index (χ4n) is 8.72. The van der Waals surface area contributed by atoms with Crippen LogP contribution in [-0.4, -0.2) is 68.0 Å². The summed E-state index contributed by atoms with van der Waals surface area (Å²) in [5.74, 6) is 1.39. The van der Waals surface area contributed by atoms with E-state index in [1.54, 1.807) is 25.6 Å². The van der Waals surface area contributed by atoms with Gasteiger partial charge in [-0.05, 0) is 0 Å². The van der Waals surface area contributed by atoms with Gasteiger partial charge >= 0.3 is 421 Å². The van der Waals surface area contributed by atoms with Crippen molar-refractivity contribution in [3.63, 3.8) is 0 Å². The Morgan fingerprint density at radius 1 is 0.453 bits per heavy atom. The van der Waals surface area contributed by atoms with E-state index in [0.717, 1.165) is 35.4 Å². The average Bonchev–Trinajstić information content (AvgIpc) is 3.93. The molecule has 0 aliphatic heterocycles. The molecule has 0 N–H and O–H groups in total. The maximum atomic E-state index is 6.98. The molecular formula is C56H54N2OPtSe4. The van der Waals surface area contributed by atoms with Crippen molar-refractivity contribution in [2.75, 3.05) is 0 Å². The van der Waals surface area contributed by atoms with Crippen molar-refractivity contribution in [3.8, 4) is 34.0 Å². The molecule has 64 heavy (non-hydrogen) atoms. The van der Waals surface area contributed by atoms with Crippen molar-refractivity contribution >= 4 is 114 Å². The molecule has 328 valence electrons. The number of aromatic nitrogens is 2. The molecule has 0 fully saturated rings. The Morgan fingerprint density at radius 3 is 1.22 bits per heavy atom. The van der Waals surface area contributed by atoms with Crippen LogP contribution in [0.5, 0.6) is 11.5 Å². The number of pyridine rings is 2. The Hall–Kier alpha value is -2.77. The molecule has 0 atom stereocenters. The number of benzene rings is 4. The van der Waals surface area contributed by atoms with Gasteiger partial charge in [-0.2, -0.15) is 0 Å². The van der Waals surface area contributed by atoms with Crippen LogP contribution in [0.1, 0.15) is 105 Å². The number of hydrogen-bond donors (Lipinski definition) is 0. The first-order valence-electron chi connectivity index (χ1n) is 21.9.